The first-order valence-corrected chi connectivity index (χ1v) is 6.11. The molecule has 94 valence electrons. The van der Waals surface area contributed by atoms with Gasteiger partial charge in [-0.25, -0.2) is 0 Å². The summed E-state index contributed by atoms with van der Waals surface area (Å²) in [6.07, 6.45) is 0. The lowest BCUT2D eigenvalue weighted by Crippen LogP contribution is -1.95. The van der Waals surface area contributed by atoms with Gasteiger partial charge in [0.2, 0.25) is 0 Å². The second-order valence-corrected chi connectivity index (χ2v) is 4.34. The third-order valence-corrected chi connectivity index (χ3v) is 3.01. The fourth-order valence-corrected chi connectivity index (χ4v) is 1.81. The highest BCUT2D eigenvalue weighted by molar-refractivity contribution is 6.31. The molecule has 18 heavy (non-hydrogen) atoms. The van der Waals surface area contributed by atoms with E-state index in [2.05, 4.69) is 0 Å². The van der Waals surface area contributed by atoms with Gasteiger partial charge >= 0.3 is 0 Å². The monoisotopic (exact) mass is 262 g/mol. The van der Waals surface area contributed by atoms with E-state index in [0.717, 1.165) is 21.9 Å². The van der Waals surface area contributed by atoms with Gasteiger partial charge in [-0.2, -0.15) is 0 Å². The molecule has 3 heteroatoms. The van der Waals surface area contributed by atoms with E-state index < -0.39 is 0 Å². The average Bonchev–Trinajstić information content (AvgIpc) is 2.42. The molecule has 0 saturated carbocycles. The van der Waals surface area contributed by atoms with Crippen LogP contribution in [0.1, 0.15) is 11.1 Å². The number of ether oxygens (including phenoxy) is 2. The van der Waals surface area contributed by atoms with Gasteiger partial charge in [-0.3, -0.25) is 0 Å². The van der Waals surface area contributed by atoms with Crippen molar-refractivity contribution in [3.8, 4) is 5.75 Å². The summed E-state index contributed by atoms with van der Waals surface area (Å²) in [5.74, 6) is 0.852. The van der Waals surface area contributed by atoms with Crippen LogP contribution < -0.4 is 4.74 Å². The minimum Gasteiger partial charge on any atom is -0.497 e. The van der Waals surface area contributed by atoms with Crippen LogP contribution in [0.5, 0.6) is 5.75 Å². The first kappa shape index (κ1) is 12.9. The van der Waals surface area contributed by atoms with Gasteiger partial charge in [0.25, 0.3) is 0 Å². The van der Waals surface area contributed by atoms with E-state index in [1.807, 2.05) is 48.5 Å². The molecule has 0 bridgehead atoms. The third-order valence-electron chi connectivity index (χ3n) is 2.64. The predicted molar refractivity (Wildman–Crippen MR) is 72.9 cm³/mol. The average molecular weight is 263 g/mol. The molecule has 2 nitrogen and oxygen atoms in total. The Morgan fingerprint density at radius 3 is 2.33 bits per heavy atom. The molecule has 0 radical (unpaired) electrons. The van der Waals surface area contributed by atoms with Gasteiger partial charge in [0.05, 0.1) is 20.3 Å². The van der Waals surface area contributed by atoms with Gasteiger partial charge in [-0.05, 0) is 29.3 Å². The Morgan fingerprint density at radius 1 is 0.944 bits per heavy atom. The second-order valence-electron chi connectivity index (χ2n) is 3.93. The van der Waals surface area contributed by atoms with Crippen molar-refractivity contribution in [1.82, 2.24) is 0 Å². The summed E-state index contributed by atoms with van der Waals surface area (Å²) in [6, 6.07) is 15.5. The summed E-state index contributed by atoms with van der Waals surface area (Å²) in [4.78, 5) is 0. The van der Waals surface area contributed by atoms with Gasteiger partial charge < -0.3 is 9.47 Å². The SMILES string of the molecule is COc1ccc(COCc2ccccc2Cl)cc1. The van der Waals surface area contributed by atoms with Gasteiger partial charge in [0.1, 0.15) is 5.75 Å². The number of hydrogen-bond acceptors (Lipinski definition) is 2. The van der Waals surface area contributed by atoms with Crippen LogP contribution in [0.2, 0.25) is 5.02 Å². The lowest BCUT2D eigenvalue weighted by Gasteiger charge is -2.07. The smallest absolute Gasteiger partial charge is 0.118 e. The van der Waals surface area contributed by atoms with Gasteiger partial charge in [-0.15, -0.1) is 0 Å². The Balaban J connectivity index is 1.86. The molecule has 2 aromatic carbocycles. The Kier molecular flexibility index (Phi) is 4.62. The molecule has 0 aliphatic heterocycles. The molecule has 0 fully saturated rings. The van der Waals surface area contributed by atoms with Gasteiger partial charge in [0, 0.05) is 5.02 Å². The zero-order valence-electron chi connectivity index (χ0n) is 10.2. The van der Waals surface area contributed by atoms with E-state index in [9.17, 15) is 0 Å². The molecule has 2 aromatic rings. The van der Waals surface area contributed by atoms with Crippen LogP contribution in [0.4, 0.5) is 0 Å². The van der Waals surface area contributed by atoms with Crippen molar-refractivity contribution in [2.45, 2.75) is 13.2 Å². The van der Waals surface area contributed by atoms with Gasteiger partial charge in [0.15, 0.2) is 0 Å². The van der Waals surface area contributed by atoms with E-state index in [-0.39, 0.29) is 0 Å². The normalized spacial score (nSPS) is 10.3. The minimum atomic E-state index is 0.520. The highest BCUT2D eigenvalue weighted by Crippen LogP contribution is 2.17. The first-order valence-electron chi connectivity index (χ1n) is 5.73. The number of halogens is 1. The van der Waals surface area contributed by atoms with E-state index in [1.165, 1.54) is 0 Å². The van der Waals surface area contributed by atoms with Crippen molar-refractivity contribution in [2.24, 2.45) is 0 Å². The molecule has 0 spiro atoms. The van der Waals surface area contributed by atoms with Crippen molar-refractivity contribution in [3.05, 3.63) is 64.7 Å². The van der Waals surface area contributed by atoms with Crippen LogP contribution in [-0.4, -0.2) is 7.11 Å². The third kappa shape index (κ3) is 3.49. The van der Waals surface area contributed by atoms with Crippen LogP contribution in [0, 0.1) is 0 Å². The number of methoxy groups -OCH3 is 1. The summed E-state index contributed by atoms with van der Waals surface area (Å²) in [5.41, 5.74) is 2.12. The highest BCUT2D eigenvalue weighted by Gasteiger charge is 1.99. The van der Waals surface area contributed by atoms with E-state index in [0.29, 0.717) is 13.2 Å². The summed E-state index contributed by atoms with van der Waals surface area (Å²) in [5, 5.41) is 0.743. The Labute approximate surface area is 112 Å². The van der Waals surface area contributed by atoms with Crippen LogP contribution >= 0.6 is 11.6 Å². The first-order chi connectivity index (χ1) is 8.79. The second kappa shape index (κ2) is 6.43. The quantitative estimate of drug-likeness (QED) is 0.809. The Hall–Kier alpha value is -1.51. The fraction of sp³-hybridized carbons (Fsp3) is 0.200. The maximum absolute atomic E-state index is 6.05. The zero-order valence-corrected chi connectivity index (χ0v) is 11.0. The Morgan fingerprint density at radius 2 is 1.67 bits per heavy atom. The standard InChI is InChI=1S/C15H15ClO2/c1-17-14-8-6-12(7-9-14)10-18-11-13-4-2-3-5-15(13)16/h2-9H,10-11H2,1H3. The Bertz CT molecular complexity index is 494. The lowest BCUT2D eigenvalue weighted by atomic mass is 10.2. The largest absolute Gasteiger partial charge is 0.497 e. The molecule has 0 unspecified atom stereocenters. The molecule has 0 aliphatic rings. The fourth-order valence-electron chi connectivity index (χ4n) is 1.62. The van der Waals surface area contributed by atoms with Crippen molar-refractivity contribution in [1.29, 1.82) is 0 Å². The number of hydrogen-bond donors (Lipinski definition) is 0. The van der Waals surface area contributed by atoms with Crippen LogP contribution in [0.25, 0.3) is 0 Å². The molecule has 0 atom stereocenters. The molecule has 2 rings (SSSR count). The maximum Gasteiger partial charge on any atom is 0.118 e. The van der Waals surface area contributed by atoms with Crippen molar-refractivity contribution < 1.29 is 9.47 Å². The maximum atomic E-state index is 6.05. The van der Waals surface area contributed by atoms with Crippen molar-refractivity contribution in [3.63, 3.8) is 0 Å². The van der Waals surface area contributed by atoms with Crippen molar-refractivity contribution in [2.75, 3.05) is 7.11 Å². The molecular formula is C15H15ClO2. The number of rotatable bonds is 5. The molecular weight excluding hydrogens is 248 g/mol. The zero-order chi connectivity index (χ0) is 12.8. The lowest BCUT2D eigenvalue weighted by molar-refractivity contribution is 0.107. The molecule has 0 aromatic heterocycles. The van der Waals surface area contributed by atoms with Gasteiger partial charge in [-0.1, -0.05) is 41.9 Å². The predicted octanol–water partition coefficient (Wildman–Crippen LogP) is 4.07. The molecule has 0 N–H and O–H groups in total. The summed E-state index contributed by atoms with van der Waals surface area (Å²) in [7, 11) is 1.66. The molecule has 0 heterocycles. The summed E-state index contributed by atoms with van der Waals surface area (Å²) >= 11 is 6.05. The van der Waals surface area contributed by atoms with Crippen LogP contribution in [0.3, 0.4) is 0 Å². The number of benzene rings is 2. The summed E-state index contributed by atoms with van der Waals surface area (Å²) in [6.45, 7) is 1.08. The summed E-state index contributed by atoms with van der Waals surface area (Å²) < 4.78 is 10.7. The van der Waals surface area contributed by atoms with E-state index in [4.69, 9.17) is 21.1 Å². The van der Waals surface area contributed by atoms with E-state index >= 15 is 0 Å². The van der Waals surface area contributed by atoms with E-state index in [1.54, 1.807) is 7.11 Å². The topological polar surface area (TPSA) is 18.5 Å². The van der Waals surface area contributed by atoms with Crippen molar-refractivity contribution >= 4 is 11.6 Å². The molecule has 0 saturated heterocycles. The van der Waals surface area contributed by atoms with Crippen LogP contribution in [0.15, 0.2) is 48.5 Å². The minimum absolute atomic E-state index is 0.520. The highest BCUT2D eigenvalue weighted by atomic mass is 35.5. The van der Waals surface area contributed by atoms with Crippen LogP contribution in [-0.2, 0) is 18.0 Å². The molecule has 0 amide bonds. The molecule has 0 aliphatic carbocycles.